The number of hydrogen-bond acceptors (Lipinski definition) is 2. The zero-order valence-corrected chi connectivity index (χ0v) is 11.0. The van der Waals surface area contributed by atoms with Crippen molar-refractivity contribution in [2.45, 2.75) is 38.1 Å². The molecule has 1 aromatic rings. The van der Waals surface area contributed by atoms with Crippen molar-refractivity contribution in [3.05, 3.63) is 35.9 Å². The summed E-state index contributed by atoms with van der Waals surface area (Å²) in [5, 5.41) is 0. The van der Waals surface area contributed by atoms with Crippen LogP contribution in [-0.2, 0) is 4.79 Å². The minimum atomic E-state index is -0.321. The Morgan fingerprint density at radius 1 is 1.33 bits per heavy atom. The highest BCUT2D eigenvalue weighted by atomic mass is 16.2. The zero-order valence-electron chi connectivity index (χ0n) is 11.0. The largest absolute Gasteiger partial charge is 0.341 e. The average molecular weight is 246 g/mol. The Bertz CT molecular complexity index is 383. The van der Waals surface area contributed by atoms with Crippen LogP contribution < -0.4 is 5.73 Å². The number of piperidine rings is 1. The van der Waals surface area contributed by atoms with Crippen LogP contribution in [0.2, 0.25) is 0 Å². The van der Waals surface area contributed by atoms with E-state index >= 15 is 0 Å². The van der Waals surface area contributed by atoms with Gasteiger partial charge in [0, 0.05) is 13.1 Å². The number of carbonyl (C=O) groups is 1. The number of benzene rings is 1. The molecule has 2 rings (SSSR count). The number of rotatable bonds is 3. The van der Waals surface area contributed by atoms with Gasteiger partial charge in [0.1, 0.15) is 0 Å². The topological polar surface area (TPSA) is 46.3 Å². The molecule has 1 aromatic carbocycles. The average Bonchev–Trinajstić information content (AvgIpc) is 2.47. The lowest BCUT2D eigenvalue weighted by Crippen LogP contribution is -2.46. The van der Waals surface area contributed by atoms with E-state index in [1.54, 1.807) is 0 Å². The van der Waals surface area contributed by atoms with Gasteiger partial charge in [-0.15, -0.1) is 0 Å². The fraction of sp³-hybridized carbons (Fsp3) is 0.533. The number of nitrogens with zero attached hydrogens (tertiary/aromatic N) is 1. The van der Waals surface area contributed by atoms with Gasteiger partial charge in [0.2, 0.25) is 5.91 Å². The van der Waals surface area contributed by atoms with Crippen molar-refractivity contribution in [2.75, 3.05) is 13.1 Å². The second kappa shape index (κ2) is 6.01. The molecule has 1 saturated heterocycles. The van der Waals surface area contributed by atoms with Crippen LogP contribution in [-0.4, -0.2) is 29.9 Å². The van der Waals surface area contributed by atoms with E-state index in [1.165, 1.54) is 5.56 Å². The fourth-order valence-corrected chi connectivity index (χ4v) is 2.57. The second-order valence-corrected chi connectivity index (χ2v) is 5.02. The van der Waals surface area contributed by atoms with E-state index in [0.717, 1.165) is 32.4 Å². The first-order valence-corrected chi connectivity index (χ1v) is 6.81. The van der Waals surface area contributed by atoms with Gasteiger partial charge in [-0.1, -0.05) is 37.3 Å². The monoisotopic (exact) mass is 246 g/mol. The van der Waals surface area contributed by atoms with Crippen molar-refractivity contribution in [1.82, 2.24) is 4.90 Å². The smallest absolute Gasteiger partial charge is 0.239 e. The van der Waals surface area contributed by atoms with E-state index in [-0.39, 0.29) is 11.9 Å². The molecule has 0 bridgehead atoms. The van der Waals surface area contributed by atoms with Crippen molar-refractivity contribution >= 4 is 5.91 Å². The molecule has 0 spiro atoms. The molecule has 1 heterocycles. The summed E-state index contributed by atoms with van der Waals surface area (Å²) in [5.74, 6) is 0.706. The van der Waals surface area contributed by atoms with Gasteiger partial charge in [-0.25, -0.2) is 0 Å². The molecular formula is C15H22N2O. The maximum Gasteiger partial charge on any atom is 0.239 e. The Labute approximate surface area is 109 Å². The molecule has 2 N–H and O–H groups in total. The first-order valence-electron chi connectivity index (χ1n) is 6.81. The third kappa shape index (κ3) is 2.91. The summed E-state index contributed by atoms with van der Waals surface area (Å²) in [7, 11) is 0. The molecule has 1 aliphatic rings. The van der Waals surface area contributed by atoms with Crippen LogP contribution in [0.5, 0.6) is 0 Å². The molecule has 1 atom stereocenters. The van der Waals surface area contributed by atoms with E-state index in [0.29, 0.717) is 5.92 Å². The summed E-state index contributed by atoms with van der Waals surface area (Å²) >= 11 is 0. The third-order valence-electron chi connectivity index (χ3n) is 3.83. The van der Waals surface area contributed by atoms with Crippen LogP contribution >= 0.6 is 0 Å². The normalized spacial score (nSPS) is 18.7. The van der Waals surface area contributed by atoms with E-state index in [9.17, 15) is 4.79 Å². The minimum Gasteiger partial charge on any atom is -0.341 e. The lowest BCUT2D eigenvalue weighted by Gasteiger charge is -2.33. The molecular weight excluding hydrogens is 224 g/mol. The van der Waals surface area contributed by atoms with E-state index in [4.69, 9.17) is 5.73 Å². The number of hydrogen-bond donors (Lipinski definition) is 1. The lowest BCUT2D eigenvalue weighted by atomic mass is 9.89. The molecule has 0 saturated carbocycles. The van der Waals surface area contributed by atoms with Crippen molar-refractivity contribution in [3.63, 3.8) is 0 Å². The van der Waals surface area contributed by atoms with E-state index in [2.05, 4.69) is 24.3 Å². The Morgan fingerprint density at radius 2 is 1.94 bits per heavy atom. The predicted molar refractivity (Wildman–Crippen MR) is 73.3 cm³/mol. The van der Waals surface area contributed by atoms with Gasteiger partial charge in [0.25, 0.3) is 0 Å². The zero-order chi connectivity index (χ0) is 13.0. The Morgan fingerprint density at radius 3 is 2.50 bits per heavy atom. The van der Waals surface area contributed by atoms with Gasteiger partial charge < -0.3 is 10.6 Å². The Kier molecular flexibility index (Phi) is 4.37. The predicted octanol–water partition coefficient (Wildman–Crippen LogP) is 2.13. The summed E-state index contributed by atoms with van der Waals surface area (Å²) in [6.07, 6.45) is 2.82. The Balaban J connectivity index is 1.90. The van der Waals surface area contributed by atoms with Crippen LogP contribution in [0.25, 0.3) is 0 Å². The van der Waals surface area contributed by atoms with Crippen molar-refractivity contribution in [2.24, 2.45) is 5.73 Å². The molecule has 0 aromatic heterocycles. The van der Waals surface area contributed by atoms with Crippen LogP contribution in [0.1, 0.15) is 37.7 Å². The van der Waals surface area contributed by atoms with Crippen LogP contribution in [0.4, 0.5) is 0 Å². The molecule has 1 amide bonds. The highest BCUT2D eigenvalue weighted by Gasteiger charge is 2.25. The fourth-order valence-electron chi connectivity index (χ4n) is 2.57. The molecule has 1 fully saturated rings. The summed E-state index contributed by atoms with van der Waals surface area (Å²) in [6.45, 7) is 3.64. The summed E-state index contributed by atoms with van der Waals surface area (Å²) in [4.78, 5) is 13.9. The third-order valence-corrected chi connectivity index (χ3v) is 3.83. The van der Waals surface area contributed by atoms with Crippen LogP contribution in [0.15, 0.2) is 30.3 Å². The number of amides is 1. The molecule has 3 heteroatoms. The SMILES string of the molecule is CC[C@@H](N)C(=O)N1CCC(c2ccccc2)CC1. The molecule has 18 heavy (non-hydrogen) atoms. The van der Waals surface area contributed by atoms with E-state index in [1.807, 2.05) is 17.9 Å². The highest BCUT2D eigenvalue weighted by molar-refractivity contribution is 5.81. The van der Waals surface area contributed by atoms with Crippen molar-refractivity contribution in [3.8, 4) is 0 Å². The molecule has 0 aliphatic carbocycles. The van der Waals surface area contributed by atoms with Gasteiger partial charge >= 0.3 is 0 Å². The molecule has 0 unspecified atom stereocenters. The van der Waals surface area contributed by atoms with Gasteiger partial charge in [0.15, 0.2) is 0 Å². The van der Waals surface area contributed by atoms with Gasteiger partial charge in [-0.3, -0.25) is 4.79 Å². The minimum absolute atomic E-state index is 0.115. The van der Waals surface area contributed by atoms with Crippen LogP contribution in [0.3, 0.4) is 0 Å². The van der Waals surface area contributed by atoms with Crippen molar-refractivity contribution < 1.29 is 4.79 Å². The first-order chi connectivity index (χ1) is 8.72. The van der Waals surface area contributed by atoms with Crippen LogP contribution in [0, 0.1) is 0 Å². The quantitative estimate of drug-likeness (QED) is 0.888. The van der Waals surface area contributed by atoms with Crippen molar-refractivity contribution in [1.29, 1.82) is 0 Å². The second-order valence-electron chi connectivity index (χ2n) is 5.02. The summed E-state index contributed by atoms with van der Waals surface area (Å²) in [6, 6.07) is 10.3. The number of likely N-dealkylation sites (tertiary alicyclic amines) is 1. The van der Waals surface area contributed by atoms with Gasteiger partial charge in [-0.05, 0) is 30.7 Å². The first kappa shape index (κ1) is 13.1. The number of nitrogens with two attached hydrogens (primary N) is 1. The maximum atomic E-state index is 12.0. The highest BCUT2D eigenvalue weighted by Crippen LogP contribution is 2.27. The molecule has 98 valence electrons. The maximum absolute atomic E-state index is 12.0. The van der Waals surface area contributed by atoms with E-state index < -0.39 is 0 Å². The standard InChI is InChI=1S/C15H22N2O/c1-2-14(16)15(18)17-10-8-13(9-11-17)12-6-4-3-5-7-12/h3-7,13-14H,2,8-11,16H2,1H3/t14-/m1/s1. The number of carbonyl (C=O) groups excluding carboxylic acids is 1. The molecule has 0 radical (unpaired) electrons. The van der Waals surface area contributed by atoms with Gasteiger partial charge in [0.05, 0.1) is 6.04 Å². The van der Waals surface area contributed by atoms with Gasteiger partial charge in [-0.2, -0.15) is 0 Å². The lowest BCUT2D eigenvalue weighted by molar-refractivity contribution is -0.133. The summed E-state index contributed by atoms with van der Waals surface area (Å²) in [5.41, 5.74) is 7.19. The molecule has 3 nitrogen and oxygen atoms in total. The summed E-state index contributed by atoms with van der Waals surface area (Å²) < 4.78 is 0. The Hall–Kier alpha value is -1.35. The molecule has 1 aliphatic heterocycles.